The second kappa shape index (κ2) is 4.87. The normalized spacial score (nSPS) is 17.0. The molecule has 0 bridgehead atoms. The van der Waals surface area contributed by atoms with E-state index in [1.807, 2.05) is 20.8 Å². The summed E-state index contributed by atoms with van der Waals surface area (Å²) in [6, 6.07) is 0.205. The van der Waals surface area contributed by atoms with E-state index >= 15 is 0 Å². The number of carboxylic acids is 1. The molecule has 1 aromatic heterocycles. The van der Waals surface area contributed by atoms with Gasteiger partial charge >= 0.3 is 5.97 Å². The summed E-state index contributed by atoms with van der Waals surface area (Å²) in [6.45, 7) is 5.97. The Morgan fingerprint density at radius 3 is 2.42 bits per heavy atom. The van der Waals surface area contributed by atoms with Crippen LogP contribution in [0.5, 0.6) is 0 Å². The first-order chi connectivity index (χ1) is 8.80. The lowest BCUT2D eigenvalue weighted by atomic mass is 9.89. The molecule has 0 saturated heterocycles. The maximum atomic E-state index is 12.4. The second-order valence-electron chi connectivity index (χ2n) is 6.40. The van der Waals surface area contributed by atoms with Crippen molar-refractivity contribution in [2.24, 2.45) is 0 Å². The van der Waals surface area contributed by atoms with Gasteiger partial charge in [0.2, 0.25) is 0 Å². The number of aromatic amines is 1. The van der Waals surface area contributed by atoms with Crippen molar-refractivity contribution in [2.75, 3.05) is 0 Å². The molecule has 0 spiro atoms. The van der Waals surface area contributed by atoms with Crippen LogP contribution in [0.1, 0.15) is 63.8 Å². The summed E-state index contributed by atoms with van der Waals surface area (Å²) in [5, 5.41) is 12.2. The van der Waals surface area contributed by atoms with Gasteiger partial charge in [-0.25, -0.2) is 4.68 Å². The summed E-state index contributed by atoms with van der Waals surface area (Å²) in [7, 11) is 0. The fourth-order valence-corrected chi connectivity index (χ4v) is 2.85. The highest BCUT2D eigenvalue weighted by Gasteiger charge is 2.28. The molecule has 0 unspecified atom stereocenters. The molecular formula is C14H22N2O3. The molecule has 2 N–H and O–H groups in total. The van der Waals surface area contributed by atoms with Crippen LogP contribution in [-0.4, -0.2) is 20.9 Å². The van der Waals surface area contributed by atoms with Crippen LogP contribution in [0.3, 0.4) is 0 Å². The van der Waals surface area contributed by atoms with Gasteiger partial charge in [-0.2, -0.15) is 0 Å². The molecule has 1 saturated carbocycles. The van der Waals surface area contributed by atoms with Crippen LogP contribution in [0.4, 0.5) is 0 Å². The molecule has 19 heavy (non-hydrogen) atoms. The first-order valence-electron chi connectivity index (χ1n) is 6.86. The number of nitrogens with zero attached hydrogens (tertiary/aromatic N) is 1. The Hall–Kier alpha value is -1.52. The van der Waals surface area contributed by atoms with E-state index in [2.05, 4.69) is 5.10 Å². The zero-order chi connectivity index (χ0) is 14.2. The predicted molar refractivity (Wildman–Crippen MR) is 72.6 cm³/mol. The van der Waals surface area contributed by atoms with E-state index in [9.17, 15) is 9.59 Å². The molecule has 2 rings (SSSR count). The fraction of sp³-hybridized carbons (Fsp3) is 0.714. The molecule has 0 radical (unpaired) electrons. The average molecular weight is 266 g/mol. The van der Waals surface area contributed by atoms with Gasteiger partial charge in [-0.3, -0.25) is 14.7 Å². The third kappa shape index (κ3) is 2.74. The molecule has 1 aromatic rings. The van der Waals surface area contributed by atoms with E-state index in [1.165, 1.54) is 0 Å². The number of hydrogen-bond acceptors (Lipinski definition) is 2. The summed E-state index contributed by atoms with van der Waals surface area (Å²) < 4.78 is 1.66. The Balaban J connectivity index is 2.50. The van der Waals surface area contributed by atoms with E-state index in [0.29, 0.717) is 5.56 Å². The number of hydrogen-bond donors (Lipinski definition) is 2. The number of nitrogens with one attached hydrogen (secondary N) is 1. The summed E-state index contributed by atoms with van der Waals surface area (Å²) in [5.41, 5.74) is 0.756. The molecular weight excluding hydrogens is 244 g/mol. The summed E-state index contributed by atoms with van der Waals surface area (Å²) in [6.07, 6.45) is 4.05. The molecule has 1 aliphatic carbocycles. The smallest absolute Gasteiger partial charge is 0.308 e. The standard InChI is InChI=1S/C14H22N2O3/c1-14(2,3)12-10(8-11(17)18)13(19)16(15-12)9-6-4-5-7-9/h9,15H,4-8H2,1-3H3,(H,17,18). The summed E-state index contributed by atoms with van der Waals surface area (Å²) in [4.78, 5) is 23.4. The van der Waals surface area contributed by atoms with Crippen molar-refractivity contribution in [2.45, 2.75) is 64.3 Å². The van der Waals surface area contributed by atoms with E-state index in [-0.39, 0.29) is 23.4 Å². The number of carboxylic acid groups (broad SMARTS) is 1. The van der Waals surface area contributed by atoms with Gasteiger partial charge in [0.05, 0.1) is 18.0 Å². The predicted octanol–water partition coefficient (Wildman–Crippen LogP) is 2.22. The summed E-state index contributed by atoms with van der Waals surface area (Å²) >= 11 is 0. The molecule has 106 valence electrons. The quantitative estimate of drug-likeness (QED) is 0.880. The van der Waals surface area contributed by atoms with Crippen molar-refractivity contribution in [3.8, 4) is 0 Å². The molecule has 0 amide bonds. The van der Waals surface area contributed by atoms with Crippen molar-refractivity contribution in [1.29, 1.82) is 0 Å². The summed E-state index contributed by atoms with van der Waals surface area (Å²) in [5.74, 6) is -0.958. The molecule has 1 fully saturated rings. The highest BCUT2D eigenvalue weighted by Crippen LogP contribution is 2.30. The lowest BCUT2D eigenvalue weighted by Gasteiger charge is -2.18. The fourth-order valence-electron chi connectivity index (χ4n) is 2.85. The van der Waals surface area contributed by atoms with Crippen LogP contribution in [0.15, 0.2) is 4.79 Å². The molecule has 0 aromatic carbocycles. The molecule has 0 atom stereocenters. The van der Waals surface area contributed by atoms with Crippen molar-refractivity contribution in [1.82, 2.24) is 9.78 Å². The Kier molecular flexibility index (Phi) is 3.56. The van der Waals surface area contributed by atoms with Gasteiger partial charge in [0, 0.05) is 11.1 Å². The third-order valence-corrected chi connectivity index (χ3v) is 3.78. The number of H-pyrrole nitrogens is 1. The van der Waals surface area contributed by atoms with Crippen molar-refractivity contribution < 1.29 is 9.90 Å². The second-order valence-corrected chi connectivity index (χ2v) is 6.40. The van der Waals surface area contributed by atoms with Crippen molar-refractivity contribution in [3.05, 3.63) is 21.6 Å². The topological polar surface area (TPSA) is 75.1 Å². The van der Waals surface area contributed by atoms with Crippen LogP contribution < -0.4 is 5.56 Å². The van der Waals surface area contributed by atoms with Gasteiger partial charge in [-0.1, -0.05) is 33.6 Å². The Morgan fingerprint density at radius 1 is 1.37 bits per heavy atom. The van der Waals surface area contributed by atoms with Crippen LogP contribution >= 0.6 is 0 Å². The number of aliphatic carboxylic acids is 1. The monoisotopic (exact) mass is 266 g/mol. The van der Waals surface area contributed by atoms with Gasteiger partial charge in [0.15, 0.2) is 0 Å². The van der Waals surface area contributed by atoms with Crippen LogP contribution in [0.25, 0.3) is 0 Å². The van der Waals surface area contributed by atoms with Gasteiger partial charge in [0.25, 0.3) is 5.56 Å². The molecule has 1 heterocycles. The van der Waals surface area contributed by atoms with Crippen LogP contribution in [0.2, 0.25) is 0 Å². The number of aromatic nitrogens is 2. The van der Waals surface area contributed by atoms with E-state index < -0.39 is 5.97 Å². The zero-order valence-electron chi connectivity index (χ0n) is 11.8. The minimum absolute atomic E-state index is 0.153. The highest BCUT2D eigenvalue weighted by atomic mass is 16.4. The first-order valence-corrected chi connectivity index (χ1v) is 6.86. The van der Waals surface area contributed by atoms with Gasteiger partial charge in [-0.15, -0.1) is 0 Å². The Morgan fingerprint density at radius 2 is 1.95 bits per heavy atom. The molecule has 0 aliphatic heterocycles. The number of carbonyl (C=O) groups is 1. The van der Waals surface area contributed by atoms with E-state index in [4.69, 9.17) is 5.11 Å². The largest absolute Gasteiger partial charge is 0.481 e. The average Bonchev–Trinajstić information content (AvgIpc) is 2.86. The van der Waals surface area contributed by atoms with Crippen molar-refractivity contribution in [3.63, 3.8) is 0 Å². The molecule has 1 aliphatic rings. The minimum atomic E-state index is -0.958. The third-order valence-electron chi connectivity index (χ3n) is 3.78. The van der Waals surface area contributed by atoms with Crippen molar-refractivity contribution >= 4 is 5.97 Å². The zero-order valence-corrected chi connectivity index (χ0v) is 11.8. The lowest BCUT2D eigenvalue weighted by Crippen LogP contribution is -2.23. The van der Waals surface area contributed by atoms with Gasteiger partial charge < -0.3 is 5.11 Å². The first kappa shape index (κ1) is 13.9. The SMILES string of the molecule is CC(C)(C)c1[nH]n(C2CCCC2)c(=O)c1CC(=O)O. The van der Waals surface area contributed by atoms with E-state index in [0.717, 1.165) is 31.4 Å². The Bertz CT molecular complexity index is 528. The number of rotatable bonds is 3. The highest BCUT2D eigenvalue weighted by molar-refractivity contribution is 5.70. The van der Waals surface area contributed by atoms with Gasteiger partial charge in [-0.05, 0) is 12.8 Å². The Labute approximate surface area is 112 Å². The van der Waals surface area contributed by atoms with Gasteiger partial charge in [0.1, 0.15) is 0 Å². The minimum Gasteiger partial charge on any atom is -0.481 e. The molecule has 5 nitrogen and oxygen atoms in total. The molecule has 5 heteroatoms. The van der Waals surface area contributed by atoms with Crippen LogP contribution in [0, 0.1) is 0 Å². The lowest BCUT2D eigenvalue weighted by molar-refractivity contribution is -0.136. The van der Waals surface area contributed by atoms with Crippen LogP contribution in [-0.2, 0) is 16.6 Å². The maximum absolute atomic E-state index is 12.4. The maximum Gasteiger partial charge on any atom is 0.308 e. The van der Waals surface area contributed by atoms with E-state index in [1.54, 1.807) is 4.68 Å².